The summed E-state index contributed by atoms with van der Waals surface area (Å²) in [6.45, 7) is 5.19. The maximum absolute atomic E-state index is 12.2. The van der Waals surface area contributed by atoms with Gasteiger partial charge in [0.05, 0.1) is 20.2 Å². The van der Waals surface area contributed by atoms with Gasteiger partial charge in [0.2, 0.25) is 5.91 Å². The van der Waals surface area contributed by atoms with Crippen LogP contribution in [0.15, 0.2) is 54.6 Å². The van der Waals surface area contributed by atoms with E-state index in [4.69, 9.17) is 4.74 Å². The monoisotopic (exact) mass is 397 g/mol. The zero-order chi connectivity index (χ0) is 20.7. The van der Waals surface area contributed by atoms with Crippen LogP contribution in [0.5, 0.6) is 5.75 Å². The molecular formula is C22H29N4O3+. The molecule has 1 fully saturated rings. The largest absolute Gasteiger partial charge is 0.491 e. The van der Waals surface area contributed by atoms with Crippen molar-refractivity contribution in [3.05, 3.63) is 54.6 Å². The molecule has 0 radical (unpaired) electrons. The van der Waals surface area contributed by atoms with Crippen molar-refractivity contribution in [3.8, 4) is 5.75 Å². The molecule has 1 saturated heterocycles. The number of nitrogens with one attached hydrogen (secondary N) is 2. The van der Waals surface area contributed by atoms with Gasteiger partial charge in [0.15, 0.2) is 11.4 Å². The van der Waals surface area contributed by atoms with Gasteiger partial charge >= 0.3 is 0 Å². The summed E-state index contributed by atoms with van der Waals surface area (Å²) in [5.41, 5.74) is 4.88. The van der Waals surface area contributed by atoms with Gasteiger partial charge in [0.1, 0.15) is 13.1 Å². The Kier molecular flexibility index (Phi) is 6.85. The standard InChI is InChI=1S/C22H28N4O3/c1-18(27)24-26(20-10-6-7-11-21(20)29-2)16-14-25(15-17-26)13-12-22(28)23-19-8-4-3-5-9-19/h3-11H,12-17H2,1-2H3,(H-,23,24,27,28)/p+1. The molecule has 1 aliphatic heterocycles. The molecule has 0 spiro atoms. The molecule has 0 bridgehead atoms. The Balaban J connectivity index is 1.60. The van der Waals surface area contributed by atoms with Crippen LogP contribution in [0.3, 0.4) is 0 Å². The lowest BCUT2D eigenvalue weighted by Gasteiger charge is -2.43. The number of benzene rings is 2. The third-order valence-corrected chi connectivity index (χ3v) is 5.23. The number of hydrogen-bond acceptors (Lipinski definition) is 4. The SMILES string of the molecule is COc1ccccc1[N+]1(NC(C)=O)CCN(CCC(=O)Nc2ccccc2)CC1. The van der Waals surface area contributed by atoms with Crippen molar-refractivity contribution in [3.63, 3.8) is 0 Å². The molecule has 7 nitrogen and oxygen atoms in total. The number of amides is 2. The zero-order valence-electron chi connectivity index (χ0n) is 17.1. The van der Waals surface area contributed by atoms with Crippen LogP contribution < -0.4 is 20.1 Å². The summed E-state index contributed by atoms with van der Waals surface area (Å²) < 4.78 is 5.89. The summed E-state index contributed by atoms with van der Waals surface area (Å²) in [7, 11) is 1.64. The van der Waals surface area contributed by atoms with Gasteiger partial charge in [0, 0.05) is 31.6 Å². The summed E-state index contributed by atoms with van der Waals surface area (Å²) in [6.07, 6.45) is 0.434. The van der Waals surface area contributed by atoms with Crippen LogP contribution in [0.2, 0.25) is 0 Å². The van der Waals surface area contributed by atoms with E-state index < -0.39 is 0 Å². The summed E-state index contributed by atoms with van der Waals surface area (Å²) in [5, 5.41) is 2.92. The van der Waals surface area contributed by atoms with Gasteiger partial charge in [-0.3, -0.25) is 14.5 Å². The first-order chi connectivity index (χ1) is 14.0. The summed E-state index contributed by atoms with van der Waals surface area (Å²) >= 11 is 0. The Hall–Kier alpha value is -2.90. The fourth-order valence-electron chi connectivity index (χ4n) is 3.77. The van der Waals surface area contributed by atoms with Crippen LogP contribution in [-0.2, 0) is 9.59 Å². The molecule has 29 heavy (non-hydrogen) atoms. The predicted octanol–water partition coefficient (Wildman–Crippen LogP) is 2.40. The van der Waals surface area contributed by atoms with Crippen LogP contribution in [0.25, 0.3) is 0 Å². The molecule has 0 atom stereocenters. The van der Waals surface area contributed by atoms with Crippen LogP contribution in [0.1, 0.15) is 13.3 Å². The van der Waals surface area contributed by atoms with E-state index in [0.717, 1.165) is 30.2 Å². The van der Waals surface area contributed by atoms with Crippen molar-refractivity contribution in [2.24, 2.45) is 0 Å². The van der Waals surface area contributed by atoms with E-state index in [-0.39, 0.29) is 11.8 Å². The number of hydrogen-bond donors (Lipinski definition) is 2. The normalized spacial score (nSPS) is 16.1. The molecule has 3 rings (SSSR count). The maximum atomic E-state index is 12.2. The third kappa shape index (κ3) is 5.34. The molecule has 1 aliphatic rings. The average molecular weight is 397 g/mol. The number of quaternary nitrogens is 1. The first-order valence-corrected chi connectivity index (χ1v) is 9.89. The average Bonchev–Trinajstić information content (AvgIpc) is 2.73. The minimum Gasteiger partial charge on any atom is -0.491 e. The fourth-order valence-corrected chi connectivity index (χ4v) is 3.77. The lowest BCUT2D eigenvalue weighted by molar-refractivity contribution is -0.124. The Bertz CT molecular complexity index is 833. The highest BCUT2D eigenvalue weighted by Crippen LogP contribution is 2.33. The highest BCUT2D eigenvalue weighted by atomic mass is 16.5. The number of piperazine rings is 1. The van der Waals surface area contributed by atoms with E-state index in [1.54, 1.807) is 7.11 Å². The fraction of sp³-hybridized carbons (Fsp3) is 0.364. The van der Waals surface area contributed by atoms with Gasteiger partial charge < -0.3 is 10.1 Å². The Morgan fingerprint density at radius 2 is 1.69 bits per heavy atom. The Morgan fingerprint density at radius 3 is 2.34 bits per heavy atom. The number of methoxy groups -OCH3 is 1. The molecule has 0 saturated carbocycles. The van der Waals surface area contributed by atoms with E-state index in [2.05, 4.69) is 15.6 Å². The van der Waals surface area contributed by atoms with Crippen molar-refractivity contribution < 1.29 is 14.3 Å². The van der Waals surface area contributed by atoms with Crippen molar-refractivity contribution >= 4 is 23.2 Å². The van der Waals surface area contributed by atoms with Crippen molar-refractivity contribution in [1.82, 2.24) is 14.9 Å². The smallest absolute Gasteiger partial charge is 0.262 e. The van der Waals surface area contributed by atoms with Gasteiger partial charge in [0.25, 0.3) is 5.91 Å². The number of anilines is 1. The molecule has 2 aromatic rings. The second-order valence-corrected chi connectivity index (χ2v) is 7.26. The third-order valence-electron chi connectivity index (χ3n) is 5.23. The summed E-state index contributed by atoms with van der Waals surface area (Å²) in [5.74, 6) is 0.692. The minimum atomic E-state index is -0.0772. The zero-order valence-corrected chi connectivity index (χ0v) is 17.1. The van der Waals surface area contributed by atoms with E-state index in [9.17, 15) is 9.59 Å². The van der Waals surface area contributed by atoms with E-state index in [1.165, 1.54) is 6.92 Å². The Morgan fingerprint density at radius 1 is 1.03 bits per heavy atom. The molecule has 1 heterocycles. The molecule has 2 aromatic carbocycles. The Labute approximate surface area is 171 Å². The van der Waals surface area contributed by atoms with Crippen LogP contribution in [-0.4, -0.2) is 56.5 Å². The first-order valence-electron chi connectivity index (χ1n) is 9.89. The maximum Gasteiger partial charge on any atom is 0.262 e. The quantitative estimate of drug-likeness (QED) is 0.704. The van der Waals surface area contributed by atoms with Crippen LogP contribution >= 0.6 is 0 Å². The van der Waals surface area contributed by atoms with Gasteiger partial charge in [-0.1, -0.05) is 30.3 Å². The highest BCUT2D eigenvalue weighted by molar-refractivity contribution is 5.90. The van der Waals surface area contributed by atoms with Gasteiger partial charge in [-0.25, -0.2) is 0 Å². The number of nitrogens with zero attached hydrogens (tertiary/aromatic N) is 2. The predicted molar refractivity (Wildman–Crippen MR) is 114 cm³/mol. The van der Waals surface area contributed by atoms with Gasteiger partial charge in [-0.15, -0.1) is 0 Å². The summed E-state index contributed by atoms with van der Waals surface area (Å²) in [4.78, 5) is 26.4. The van der Waals surface area contributed by atoms with Gasteiger partial charge in [-0.05, 0) is 18.2 Å². The molecular weight excluding hydrogens is 368 g/mol. The first kappa shape index (κ1) is 20.8. The minimum absolute atomic E-state index is 0.00844. The number of rotatable bonds is 7. The topological polar surface area (TPSA) is 70.7 Å². The lowest BCUT2D eigenvalue weighted by atomic mass is 10.2. The van der Waals surface area contributed by atoms with E-state index in [1.807, 2.05) is 54.6 Å². The van der Waals surface area contributed by atoms with E-state index in [0.29, 0.717) is 30.6 Å². The molecule has 2 amide bonds. The molecule has 0 aromatic heterocycles. The second-order valence-electron chi connectivity index (χ2n) is 7.26. The van der Waals surface area contributed by atoms with Crippen LogP contribution in [0.4, 0.5) is 11.4 Å². The van der Waals surface area contributed by atoms with Crippen molar-refractivity contribution in [2.75, 3.05) is 45.2 Å². The molecule has 0 unspecified atom stereocenters. The van der Waals surface area contributed by atoms with Crippen LogP contribution in [0, 0.1) is 0 Å². The number of carbonyl (C=O) groups excluding carboxylic acids is 2. The number of ether oxygens (including phenoxy) is 1. The highest BCUT2D eigenvalue weighted by Gasteiger charge is 2.39. The molecule has 7 heteroatoms. The lowest BCUT2D eigenvalue weighted by Crippen LogP contribution is -2.68. The van der Waals surface area contributed by atoms with E-state index >= 15 is 0 Å². The molecule has 154 valence electrons. The molecule has 2 N–H and O–H groups in total. The number of carbonyl (C=O) groups is 2. The summed E-state index contributed by atoms with van der Waals surface area (Å²) in [6, 6.07) is 17.3. The number of para-hydroxylation sites is 3. The molecule has 0 aliphatic carbocycles. The van der Waals surface area contributed by atoms with Crippen molar-refractivity contribution in [1.29, 1.82) is 0 Å². The second kappa shape index (κ2) is 9.54. The van der Waals surface area contributed by atoms with Gasteiger partial charge in [-0.2, -0.15) is 10.0 Å². The van der Waals surface area contributed by atoms with Crippen molar-refractivity contribution in [2.45, 2.75) is 13.3 Å².